The number of carboxylic acids is 1. The third-order valence-corrected chi connectivity index (χ3v) is 2.44. The van der Waals surface area contributed by atoms with Gasteiger partial charge in [0.25, 0.3) is 0 Å². The number of nitrogens with one attached hydrogen (secondary N) is 1. The highest BCUT2D eigenvalue weighted by atomic mass is 16.5. The van der Waals surface area contributed by atoms with Crippen molar-refractivity contribution in [3.05, 3.63) is 41.6 Å². The zero-order valence-electron chi connectivity index (χ0n) is 11.0. The third kappa shape index (κ3) is 4.83. The van der Waals surface area contributed by atoms with Gasteiger partial charge in [-0.25, -0.2) is 4.79 Å². The normalized spacial score (nSPS) is 11.5. The van der Waals surface area contributed by atoms with Crippen molar-refractivity contribution in [2.24, 2.45) is 0 Å². The van der Waals surface area contributed by atoms with Crippen LogP contribution in [0.3, 0.4) is 0 Å². The second-order valence-corrected chi connectivity index (χ2v) is 3.88. The van der Waals surface area contributed by atoms with Crippen LogP contribution in [0.1, 0.15) is 20.3 Å². The van der Waals surface area contributed by atoms with E-state index in [0.29, 0.717) is 5.70 Å². The first kappa shape index (κ1) is 14.8. The van der Waals surface area contributed by atoms with Crippen molar-refractivity contribution < 1.29 is 19.4 Å². The summed E-state index contributed by atoms with van der Waals surface area (Å²) in [5.41, 5.74) is 1.19. The molecule has 0 saturated carbocycles. The Morgan fingerprint density at radius 3 is 2.42 bits per heavy atom. The molecule has 0 fully saturated rings. The maximum atomic E-state index is 11.4. The first-order chi connectivity index (χ1) is 9.04. The Balaban J connectivity index is 2.86. The van der Waals surface area contributed by atoms with E-state index >= 15 is 0 Å². The molecule has 0 atom stereocenters. The van der Waals surface area contributed by atoms with E-state index < -0.39 is 11.9 Å². The van der Waals surface area contributed by atoms with Gasteiger partial charge in [0.1, 0.15) is 0 Å². The summed E-state index contributed by atoms with van der Waals surface area (Å²) >= 11 is 0. The van der Waals surface area contributed by atoms with Crippen LogP contribution in [-0.2, 0) is 14.3 Å². The summed E-state index contributed by atoms with van der Waals surface area (Å²) in [6.07, 6.45) is -0.255. The number of anilines is 1. The molecule has 1 rings (SSSR count). The fourth-order valence-corrected chi connectivity index (χ4v) is 1.54. The number of para-hydroxylation sites is 1. The molecule has 0 radical (unpaired) electrons. The van der Waals surface area contributed by atoms with E-state index in [0.717, 1.165) is 5.69 Å². The Kier molecular flexibility index (Phi) is 5.60. The van der Waals surface area contributed by atoms with Gasteiger partial charge in [0.05, 0.1) is 18.6 Å². The Labute approximate surface area is 111 Å². The van der Waals surface area contributed by atoms with Crippen LogP contribution in [0, 0.1) is 0 Å². The minimum atomic E-state index is -1.13. The quantitative estimate of drug-likeness (QED) is 0.609. The predicted molar refractivity (Wildman–Crippen MR) is 71.7 cm³/mol. The Hall–Kier alpha value is -2.30. The van der Waals surface area contributed by atoms with Crippen molar-refractivity contribution in [1.82, 2.24) is 0 Å². The maximum absolute atomic E-state index is 11.4. The van der Waals surface area contributed by atoms with Crippen LogP contribution < -0.4 is 5.32 Å². The smallest absolute Gasteiger partial charge is 0.333 e. The summed E-state index contributed by atoms with van der Waals surface area (Å²) in [4.78, 5) is 22.5. The molecule has 1 aromatic carbocycles. The van der Waals surface area contributed by atoms with E-state index in [1.54, 1.807) is 13.8 Å². The van der Waals surface area contributed by atoms with Gasteiger partial charge in [0.2, 0.25) is 0 Å². The number of allylic oxidation sites excluding steroid dienone is 1. The monoisotopic (exact) mass is 263 g/mol. The molecule has 2 N–H and O–H groups in total. The molecule has 0 aromatic heterocycles. The molecule has 0 bridgehead atoms. The van der Waals surface area contributed by atoms with Crippen LogP contribution in [0.4, 0.5) is 5.69 Å². The molecular weight excluding hydrogens is 246 g/mol. The van der Waals surface area contributed by atoms with Crippen LogP contribution in [-0.4, -0.2) is 23.7 Å². The summed E-state index contributed by atoms with van der Waals surface area (Å²) in [6, 6.07) is 9.16. The van der Waals surface area contributed by atoms with E-state index in [9.17, 15) is 9.59 Å². The van der Waals surface area contributed by atoms with Gasteiger partial charge in [0.15, 0.2) is 0 Å². The number of ether oxygens (including phenoxy) is 1. The van der Waals surface area contributed by atoms with Crippen LogP contribution >= 0.6 is 0 Å². The van der Waals surface area contributed by atoms with E-state index in [-0.39, 0.29) is 18.6 Å². The summed E-state index contributed by atoms with van der Waals surface area (Å²) in [5.74, 6) is -1.68. The van der Waals surface area contributed by atoms with Crippen molar-refractivity contribution >= 4 is 17.6 Å². The molecule has 0 aliphatic rings. The fraction of sp³-hybridized carbons (Fsp3) is 0.286. The molecule has 0 aliphatic carbocycles. The van der Waals surface area contributed by atoms with E-state index in [4.69, 9.17) is 9.84 Å². The number of hydrogen-bond donors (Lipinski definition) is 2. The molecule has 0 unspecified atom stereocenters. The molecule has 5 heteroatoms. The largest absolute Gasteiger partial charge is 0.478 e. The van der Waals surface area contributed by atoms with Crippen LogP contribution in [0.15, 0.2) is 41.6 Å². The summed E-state index contributed by atoms with van der Waals surface area (Å²) < 4.78 is 4.76. The third-order valence-electron chi connectivity index (χ3n) is 2.44. The number of carboxylic acid groups (broad SMARTS) is 1. The standard InChI is InChI=1S/C14H17NO4/c1-3-19-13(16)9-12(14(17)18)10(2)15-11-7-5-4-6-8-11/h4-8,15H,3,9H2,1-2H3,(H,17,18)/b12-10-. The molecule has 0 amide bonds. The predicted octanol–water partition coefficient (Wildman–Crippen LogP) is 2.41. The number of rotatable bonds is 6. The highest BCUT2D eigenvalue weighted by molar-refractivity contribution is 5.93. The number of benzene rings is 1. The molecule has 0 heterocycles. The first-order valence-corrected chi connectivity index (χ1v) is 5.95. The number of carbonyl (C=O) groups is 2. The second kappa shape index (κ2) is 7.20. The SMILES string of the molecule is CCOC(=O)C/C(C(=O)O)=C(\C)Nc1ccccc1. The zero-order chi connectivity index (χ0) is 14.3. The number of hydrogen-bond acceptors (Lipinski definition) is 4. The second-order valence-electron chi connectivity index (χ2n) is 3.88. The number of esters is 1. The van der Waals surface area contributed by atoms with Crippen molar-refractivity contribution in [2.75, 3.05) is 11.9 Å². The molecule has 102 valence electrons. The molecule has 0 saturated heterocycles. The Morgan fingerprint density at radius 2 is 1.89 bits per heavy atom. The average Bonchev–Trinajstić information content (AvgIpc) is 2.37. The zero-order valence-corrected chi connectivity index (χ0v) is 11.0. The minimum Gasteiger partial charge on any atom is -0.478 e. The minimum absolute atomic E-state index is 0.00213. The van der Waals surface area contributed by atoms with Gasteiger partial charge in [-0.2, -0.15) is 0 Å². The van der Waals surface area contributed by atoms with Gasteiger partial charge in [-0.3, -0.25) is 4.79 Å². The topological polar surface area (TPSA) is 75.6 Å². The molecular formula is C14H17NO4. The highest BCUT2D eigenvalue weighted by Gasteiger charge is 2.17. The molecule has 5 nitrogen and oxygen atoms in total. The van der Waals surface area contributed by atoms with Crippen LogP contribution in [0.5, 0.6) is 0 Å². The van der Waals surface area contributed by atoms with Gasteiger partial charge < -0.3 is 15.2 Å². The van der Waals surface area contributed by atoms with Crippen molar-refractivity contribution in [3.63, 3.8) is 0 Å². The van der Waals surface area contributed by atoms with Gasteiger partial charge in [-0.1, -0.05) is 18.2 Å². The molecule has 19 heavy (non-hydrogen) atoms. The summed E-state index contributed by atoms with van der Waals surface area (Å²) in [7, 11) is 0. The lowest BCUT2D eigenvalue weighted by Crippen LogP contribution is -2.14. The van der Waals surface area contributed by atoms with Crippen molar-refractivity contribution in [2.45, 2.75) is 20.3 Å². The molecule has 0 aliphatic heterocycles. The van der Waals surface area contributed by atoms with Crippen LogP contribution in [0.25, 0.3) is 0 Å². The lowest BCUT2D eigenvalue weighted by Gasteiger charge is -2.11. The van der Waals surface area contributed by atoms with E-state index in [1.165, 1.54) is 0 Å². The summed E-state index contributed by atoms with van der Waals surface area (Å²) in [5, 5.41) is 12.1. The van der Waals surface area contributed by atoms with Gasteiger partial charge in [-0.05, 0) is 26.0 Å². The van der Waals surface area contributed by atoms with E-state index in [1.807, 2.05) is 30.3 Å². The van der Waals surface area contributed by atoms with Gasteiger partial charge >= 0.3 is 11.9 Å². The maximum Gasteiger partial charge on any atom is 0.333 e. The number of aliphatic carboxylic acids is 1. The van der Waals surface area contributed by atoms with Crippen molar-refractivity contribution in [3.8, 4) is 0 Å². The van der Waals surface area contributed by atoms with Gasteiger partial charge in [0, 0.05) is 11.4 Å². The highest BCUT2D eigenvalue weighted by Crippen LogP contribution is 2.15. The van der Waals surface area contributed by atoms with E-state index in [2.05, 4.69) is 5.32 Å². The molecule has 1 aromatic rings. The van der Waals surface area contributed by atoms with Gasteiger partial charge in [-0.15, -0.1) is 0 Å². The Bertz CT molecular complexity index is 479. The Morgan fingerprint density at radius 1 is 1.26 bits per heavy atom. The molecule has 0 spiro atoms. The lowest BCUT2D eigenvalue weighted by molar-refractivity contribution is -0.144. The summed E-state index contributed by atoms with van der Waals surface area (Å²) in [6.45, 7) is 3.53. The van der Waals surface area contributed by atoms with Crippen LogP contribution in [0.2, 0.25) is 0 Å². The average molecular weight is 263 g/mol. The fourth-order valence-electron chi connectivity index (χ4n) is 1.54. The first-order valence-electron chi connectivity index (χ1n) is 5.95. The number of carbonyl (C=O) groups excluding carboxylic acids is 1. The lowest BCUT2D eigenvalue weighted by atomic mass is 10.1. The van der Waals surface area contributed by atoms with Crippen molar-refractivity contribution in [1.29, 1.82) is 0 Å².